The van der Waals surface area contributed by atoms with Gasteiger partial charge in [-0.05, 0) is 44.7 Å². The van der Waals surface area contributed by atoms with Crippen LogP contribution in [-0.4, -0.2) is 29.2 Å². The van der Waals surface area contributed by atoms with Crippen LogP contribution in [0, 0.1) is 25.7 Å². The first-order valence-corrected chi connectivity index (χ1v) is 9.60. The molecule has 1 N–H and O–H groups in total. The number of likely N-dealkylation sites (tertiary alicyclic amines) is 1. The summed E-state index contributed by atoms with van der Waals surface area (Å²) in [5.74, 6) is -0.569. The topological polar surface area (TPSA) is 66.5 Å². The molecule has 3 atom stereocenters. The van der Waals surface area contributed by atoms with Gasteiger partial charge >= 0.3 is 0 Å². The lowest BCUT2D eigenvalue weighted by atomic mass is 9.81. The summed E-state index contributed by atoms with van der Waals surface area (Å²) in [6.45, 7) is 6.21. The predicted octanol–water partition coefficient (Wildman–Crippen LogP) is 3.05. The molecule has 5 nitrogen and oxygen atoms in total. The summed E-state index contributed by atoms with van der Waals surface area (Å²) in [7, 11) is 0. The molecule has 2 aliphatic rings. The number of aryl methyl sites for hydroxylation is 2. The van der Waals surface area contributed by atoms with Crippen LogP contribution in [0.25, 0.3) is 0 Å². The highest BCUT2D eigenvalue weighted by atomic mass is 16.2. The predicted molar refractivity (Wildman–Crippen MR) is 99.3 cm³/mol. The van der Waals surface area contributed by atoms with E-state index in [1.807, 2.05) is 20.8 Å². The van der Waals surface area contributed by atoms with Gasteiger partial charge in [-0.3, -0.25) is 19.3 Å². The Morgan fingerprint density at radius 3 is 2.38 bits per heavy atom. The number of nitrogens with one attached hydrogen (secondary N) is 1. The molecule has 0 aromatic heterocycles. The van der Waals surface area contributed by atoms with Crippen molar-refractivity contribution in [2.45, 2.75) is 58.9 Å². The smallest absolute Gasteiger partial charge is 0.233 e. The van der Waals surface area contributed by atoms with Crippen molar-refractivity contribution in [1.29, 1.82) is 0 Å². The van der Waals surface area contributed by atoms with E-state index >= 15 is 0 Å². The van der Waals surface area contributed by atoms with Crippen LogP contribution in [0.15, 0.2) is 18.2 Å². The number of imide groups is 1. The molecule has 3 amide bonds. The molecule has 2 fully saturated rings. The maximum absolute atomic E-state index is 12.5. The standard InChI is InChI=1S/C21H28N2O3/c1-13-8-9-14(2)18(12-13)15(3)22-19(24)10-11-23-20(25)16-6-4-5-7-17(16)21(23)26/h8-9,12,15-17H,4-7,10-11H2,1-3H3,(H,22,24)/t15-,16-,17-/m0/s1. The first-order valence-electron chi connectivity index (χ1n) is 9.60. The number of hydrogen-bond donors (Lipinski definition) is 1. The van der Waals surface area contributed by atoms with Gasteiger partial charge in [0.1, 0.15) is 0 Å². The number of benzene rings is 1. The zero-order chi connectivity index (χ0) is 18.8. The van der Waals surface area contributed by atoms with E-state index in [2.05, 4.69) is 23.5 Å². The van der Waals surface area contributed by atoms with Crippen molar-refractivity contribution in [3.8, 4) is 0 Å². The Labute approximate surface area is 155 Å². The molecule has 1 aliphatic heterocycles. The Hall–Kier alpha value is -2.17. The van der Waals surface area contributed by atoms with E-state index in [0.29, 0.717) is 0 Å². The third-order valence-corrected chi connectivity index (χ3v) is 5.77. The van der Waals surface area contributed by atoms with Gasteiger partial charge < -0.3 is 5.32 Å². The van der Waals surface area contributed by atoms with Gasteiger partial charge in [0.2, 0.25) is 17.7 Å². The summed E-state index contributed by atoms with van der Waals surface area (Å²) in [5.41, 5.74) is 3.39. The fourth-order valence-corrected chi connectivity index (χ4v) is 4.28. The number of nitrogens with zero attached hydrogens (tertiary/aromatic N) is 1. The third-order valence-electron chi connectivity index (χ3n) is 5.77. The molecule has 5 heteroatoms. The summed E-state index contributed by atoms with van der Waals surface area (Å²) >= 11 is 0. The van der Waals surface area contributed by atoms with E-state index in [-0.39, 0.29) is 48.6 Å². The molecule has 140 valence electrons. The molecule has 1 saturated heterocycles. The number of hydrogen-bond acceptors (Lipinski definition) is 3. The van der Waals surface area contributed by atoms with Crippen LogP contribution in [0.4, 0.5) is 0 Å². The minimum absolute atomic E-state index is 0.0740. The summed E-state index contributed by atoms with van der Waals surface area (Å²) in [4.78, 5) is 38.6. The van der Waals surface area contributed by atoms with Crippen LogP contribution < -0.4 is 5.32 Å². The minimum Gasteiger partial charge on any atom is -0.350 e. The average Bonchev–Trinajstić information content (AvgIpc) is 2.86. The number of carbonyl (C=O) groups excluding carboxylic acids is 3. The number of carbonyl (C=O) groups is 3. The molecule has 3 rings (SSSR count). The molecule has 26 heavy (non-hydrogen) atoms. The SMILES string of the molecule is Cc1ccc(C)c([C@H](C)NC(=O)CCN2C(=O)[C@H]3CCCC[C@@H]3C2=O)c1. The summed E-state index contributed by atoms with van der Waals surface area (Å²) in [6.07, 6.45) is 3.80. The second-order valence-corrected chi connectivity index (χ2v) is 7.72. The van der Waals surface area contributed by atoms with Gasteiger partial charge in [0.05, 0.1) is 17.9 Å². The molecule has 0 unspecified atom stereocenters. The Morgan fingerprint density at radius 2 is 1.77 bits per heavy atom. The van der Waals surface area contributed by atoms with Gasteiger partial charge in [-0.15, -0.1) is 0 Å². The normalized spacial score (nSPS) is 23.7. The largest absolute Gasteiger partial charge is 0.350 e. The summed E-state index contributed by atoms with van der Waals surface area (Å²) < 4.78 is 0. The monoisotopic (exact) mass is 356 g/mol. The molecule has 1 aliphatic carbocycles. The Balaban J connectivity index is 1.56. The van der Waals surface area contributed by atoms with E-state index in [4.69, 9.17) is 0 Å². The van der Waals surface area contributed by atoms with Crippen molar-refractivity contribution in [2.75, 3.05) is 6.54 Å². The van der Waals surface area contributed by atoms with E-state index in [1.54, 1.807) is 0 Å². The van der Waals surface area contributed by atoms with Crippen molar-refractivity contribution in [2.24, 2.45) is 11.8 Å². The van der Waals surface area contributed by atoms with Crippen molar-refractivity contribution in [1.82, 2.24) is 10.2 Å². The van der Waals surface area contributed by atoms with Crippen molar-refractivity contribution in [3.05, 3.63) is 34.9 Å². The van der Waals surface area contributed by atoms with Crippen molar-refractivity contribution < 1.29 is 14.4 Å². The van der Waals surface area contributed by atoms with Gasteiger partial charge in [0.25, 0.3) is 0 Å². The van der Waals surface area contributed by atoms with Gasteiger partial charge in [0.15, 0.2) is 0 Å². The molecular weight excluding hydrogens is 328 g/mol. The fourth-order valence-electron chi connectivity index (χ4n) is 4.28. The Bertz CT molecular complexity index is 704. The van der Waals surface area contributed by atoms with Gasteiger partial charge in [-0.1, -0.05) is 36.6 Å². The van der Waals surface area contributed by atoms with Gasteiger partial charge in [-0.25, -0.2) is 0 Å². The first-order chi connectivity index (χ1) is 12.4. The molecule has 1 saturated carbocycles. The third kappa shape index (κ3) is 3.67. The maximum atomic E-state index is 12.5. The van der Waals surface area contributed by atoms with Crippen LogP contribution >= 0.6 is 0 Å². The lowest BCUT2D eigenvalue weighted by Crippen LogP contribution is -2.36. The Kier molecular flexibility index (Phi) is 5.44. The molecule has 0 radical (unpaired) electrons. The summed E-state index contributed by atoms with van der Waals surface area (Å²) in [5, 5.41) is 2.99. The number of amides is 3. The highest BCUT2D eigenvalue weighted by molar-refractivity contribution is 6.05. The zero-order valence-electron chi connectivity index (χ0n) is 15.9. The molecule has 1 aromatic rings. The van der Waals surface area contributed by atoms with Crippen molar-refractivity contribution >= 4 is 17.7 Å². The fraction of sp³-hybridized carbons (Fsp3) is 0.571. The highest BCUT2D eigenvalue weighted by Gasteiger charge is 2.47. The van der Waals surface area contributed by atoms with Crippen LogP contribution in [0.5, 0.6) is 0 Å². The number of fused-ring (bicyclic) bond motifs is 1. The number of rotatable bonds is 5. The van der Waals surface area contributed by atoms with Crippen LogP contribution in [-0.2, 0) is 14.4 Å². The quantitative estimate of drug-likeness (QED) is 0.825. The van der Waals surface area contributed by atoms with E-state index in [9.17, 15) is 14.4 Å². The van der Waals surface area contributed by atoms with Gasteiger partial charge in [-0.2, -0.15) is 0 Å². The molecule has 0 bridgehead atoms. The van der Waals surface area contributed by atoms with Crippen LogP contribution in [0.1, 0.15) is 61.8 Å². The second kappa shape index (κ2) is 7.60. The lowest BCUT2D eigenvalue weighted by molar-refractivity contribution is -0.140. The van der Waals surface area contributed by atoms with Crippen LogP contribution in [0.3, 0.4) is 0 Å². The van der Waals surface area contributed by atoms with E-state index in [1.165, 1.54) is 4.90 Å². The zero-order valence-corrected chi connectivity index (χ0v) is 15.9. The molecular formula is C21H28N2O3. The van der Waals surface area contributed by atoms with E-state index in [0.717, 1.165) is 42.4 Å². The molecule has 1 aromatic carbocycles. The van der Waals surface area contributed by atoms with Crippen molar-refractivity contribution in [3.63, 3.8) is 0 Å². The highest BCUT2D eigenvalue weighted by Crippen LogP contribution is 2.37. The lowest BCUT2D eigenvalue weighted by Gasteiger charge is -2.19. The van der Waals surface area contributed by atoms with Crippen LogP contribution in [0.2, 0.25) is 0 Å². The molecule has 1 heterocycles. The maximum Gasteiger partial charge on any atom is 0.233 e. The molecule has 0 spiro atoms. The summed E-state index contributed by atoms with van der Waals surface area (Å²) in [6, 6.07) is 6.09. The minimum atomic E-state index is -0.145. The average molecular weight is 356 g/mol. The van der Waals surface area contributed by atoms with E-state index < -0.39 is 0 Å². The van der Waals surface area contributed by atoms with Gasteiger partial charge in [0, 0.05) is 13.0 Å². The first kappa shape index (κ1) is 18.6. The second-order valence-electron chi connectivity index (χ2n) is 7.72. The Morgan fingerprint density at radius 1 is 1.15 bits per heavy atom.